The van der Waals surface area contributed by atoms with Crippen molar-refractivity contribution in [2.75, 3.05) is 20.1 Å². The highest BCUT2D eigenvalue weighted by Crippen LogP contribution is 2.32. The Morgan fingerprint density at radius 3 is 2.31 bits per heavy atom. The Morgan fingerprint density at radius 1 is 1.03 bits per heavy atom. The van der Waals surface area contributed by atoms with Crippen molar-refractivity contribution in [2.45, 2.75) is 62.6 Å². The van der Waals surface area contributed by atoms with Crippen LogP contribution < -0.4 is 5.32 Å². The lowest BCUT2D eigenvalue weighted by Gasteiger charge is -2.27. The molecule has 0 fully saturated rings. The topological polar surface area (TPSA) is 104 Å². The number of alkyl halides is 3. The summed E-state index contributed by atoms with van der Waals surface area (Å²) in [6, 6.07) is 5.31. The fourth-order valence-corrected chi connectivity index (χ4v) is 5.07. The zero-order valence-electron chi connectivity index (χ0n) is 21.7. The number of halogens is 5. The average Bonchev–Trinajstić information content (AvgIpc) is 2.82. The molecule has 0 aliphatic rings. The number of ketones is 1. The van der Waals surface area contributed by atoms with E-state index in [4.69, 9.17) is 5.11 Å². The SMILES string of the molecule is CN(CC(=O)CNC(C)(C)CCCc1cc(F)ccc1F)S(=O)(=O)c1cc(CCC(=O)O)cc(C(F)(F)F)c1. The fraction of sp³-hybridized carbons (Fsp3) is 0.462. The molecule has 2 N–H and O–H groups in total. The van der Waals surface area contributed by atoms with Crippen LogP contribution in [0.5, 0.6) is 0 Å². The highest BCUT2D eigenvalue weighted by Gasteiger charge is 2.34. The molecule has 0 heterocycles. The minimum Gasteiger partial charge on any atom is -0.481 e. The van der Waals surface area contributed by atoms with E-state index in [-0.39, 0.29) is 30.5 Å². The first kappa shape index (κ1) is 32.3. The normalized spacial score (nSPS) is 12.6. The van der Waals surface area contributed by atoms with Crippen LogP contribution in [0.3, 0.4) is 0 Å². The minimum atomic E-state index is -4.87. The number of sulfonamides is 1. The number of carboxylic acid groups (broad SMARTS) is 1. The molecule has 0 bridgehead atoms. The van der Waals surface area contributed by atoms with Crippen LogP contribution in [0, 0.1) is 11.6 Å². The Bertz CT molecular complexity index is 1300. The maximum absolute atomic E-state index is 13.8. The number of Topliss-reactive ketones (excluding diaryl/α,β-unsaturated/α-hetero) is 1. The molecule has 0 atom stereocenters. The van der Waals surface area contributed by atoms with Gasteiger partial charge in [0, 0.05) is 19.0 Å². The van der Waals surface area contributed by atoms with Crippen molar-refractivity contribution < 1.29 is 45.1 Å². The molecule has 13 heteroatoms. The predicted octanol–water partition coefficient (Wildman–Crippen LogP) is 4.58. The smallest absolute Gasteiger partial charge is 0.416 e. The Morgan fingerprint density at radius 2 is 1.69 bits per heavy atom. The average molecular weight is 579 g/mol. The summed E-state index contributed by atoms with van der Waals surface area (Å²) in [6.07, 6.45) is -4.44. The molecule has 39 heavy (non-hydrogen) atoms. The van der Waals surface area contributed by atoms with Gasteiger partial charge in [-0.05, 0) is 87.1 Å². The molecule has 0 saturated carbocycles. The number of aliphatic carboxylic acids is 1. The number of rotatable bonds is 14. The lowest BCUT2D eigenvalue weighted by atomic mass is 9.95. The highest BCUT2D eigenvalue weighted by molar-refractivity contribution is 7.89. The molecule has 0 radical (unpaired) electrons. The third-order valence-electron chi connectivity index (χ3n) is 6.05. The first-order valence-electron chi connectivity index (χ1n) is 12.0. The Kier molecular flexibility index (Phi) is 10.7. The van der Waals surface area contributed by atoms with Gasteiger partial charge in [-0.3, -0.25) is 9.59 Å². The van der Waals surface area contributed by atoms with E-state index in [2.05, 4.69) is 5.32 Å². The first-order chi connectivity index (χ1) is 17.9. The second-order valence-corrected chi connectivity index (χ2v) is 11.9. The van der Waals surface area contributed by atoms with Crippen LogP contribution in [0.1, 0.15) is 49.8 Å². The van der Waals surface area contributed by atoms with Gasteiger partial charge in [0.1, 0.15) is 11.6 Å². The number of nitrogens with one attached hydrogen (secondary N) is 1. The van der Waals surface area contributed by atoms with Crippen molar-refractivity contribution in [1.82, 2.24) is 9.62 Å². The monoisotopic (exact) mass is 578 g/mol. The molecule has 0 unspecified atom stereocenters. The van der Waals surface area contributed by atoms with Crippen molar-refractivity contribution in [1.29, 1.82) is 0 Å². The third kappa shape index (κ3) is 9.97. The fourth-order valence-electron chi connectivity index (χ4n) is 3.82. The standard InChI is InChI=1S/C26H31F5N2O5S/c1-25(2,10-4-5-18-13-20(27)7-8-23(18)28)32-15-21(34)16-33(3)39(37,38)22-12-17(6-9-24(35)36)11-19(14-22)26(29,30)31/h7-8,11-14,32H,4-6,9-10,15-16H2,1-3H3,(H,35,36). The lowest BCUT2D eigenvalue weighted by molar-refractivity contribution is -0.138. The van der Waals surface area contributed by atoms with E-state index in [0.29, 0.717) is 29.3 Å². The van der Waals surface area contributed by atoms with Gasteiger partial charge in [-0.2, -0.15) is 17.5 Å². The summed E-state index contributed by atoms with van der Waals surface area (Å²) < 4.78 is 93.8. The second kappa shape index (κ2) is 13.0. The van der Waals surface area contributed by atoms with Crippen LogP contribution >= 0.6 is 0 Å². The second-order valence-electron chi connectivity index (χ2n) is 9.88. The van der Waals surface area contributed by atoms with Crippen molar-refractivity contribution in [3.63, 3.8) is 0 Å². The number of hydrogen-bond donors (Lipinski definition) is 2. The number of aryl methyl sites for hydroxylation is 2. The van der Waals surface area contributed by atoms with E-state index < -0.39 is 68.6 Å². The van der Waals surface area contributed by atoms with Crippen LogP contribution in [-0.4, -0.2) is 55.3 Å². The van der Waals surface area contributed by atoms with Crippen molar-refractivity contribution >= 4 is 21.8 Å². The molecule has 7 nitrogen and oxygen atoms in total. The van der Waals surface area contributed by atoms with Gasteiger partial charge in [0.25, 0.3) is 0 Å². The lowest BCUT2D eigenvalue weighted by Crippen LogP contribution is -2.44. The number of likely N-dealkylation sites (N-methyl/N-ethyl adjacent to an activating group) is 1. The number of benzene rings is 2. The van der Waals surface area contributed by atoms with Gasteiger partial charge in [-0.15, -0.1) is 0 Å². The van der Waals surface area contributed by atoms with Gasteiger partial charge < -0.3 is 10.4 Å². The molecule has 0 amide bonds. The maximum Gasteiger partial charge on any atom is 0.416 e. The van der Waals surface area contributed by atoms with Gasteiger partial charge in [0.15, 0.2) is 5.78 Å². The Labute approximate surface area is 224 Å². The summed E-state index contributed by atoms with van der Waals surface area (Å²) in [4.78, 5) is 22.6. The summed E-state index contributed by atoms with van der Waals surface area (Å²) >= 11 is 0. The number of nitrogens with zero attached hydrogens (tertiary/aromatic N) is 1. The summed E-state index contributed by atoms with van der Waals surface area (Å²) in [7, 11) is -3.45. The van der Waals surface area contributed by atoms with Crippen molar-refractivity contribution in [2.24, 2.45) is 0 Å². The van der Waals surface area contributed by atoms with E-state index in [1.54, 1.807) is 13.8 Å². The largest absolute Gasteiger partial charge is 0.481 e. The number of carboxylic acids is 1. The Balaban J connectivity index is 2.02. The molecule has 2 aromatic carbocycles. The van der Waals surface area contributed by atoms with E-state index in [1.165, 1.54) is 0 Å². The minimum absolute atomic E-state index is 0.118. The summed E-state index contributed by atoms with van der Waals surface area (Å²) in [6.45, 7) is 2.70. The zero-order chi connectivity index (χ0) is 29.6. The van der Waals surface area contributed by atoms with E-state index >= 15 is 0 Å². The van der Waals surface area contributed by atoms with Gasteiger partial charge in [0.2, 0.25) is 10.0 Å². The molecule has 0 aromatic heterocycles. The van der Waals surface area contributed by atoms with Gasteiger partial charge in [-0.25, -0.2) is 17.2 Å². The van der Waals surface area contributed by atoms with Gasteiger partial charge in [0.05, 0.1) is 23.5 Å². The van der Waals surface area contributed by atoms with Crippen LogP contribution in [0.15, 0.2) is 41.3 Å². The van der Waals surface area contributed by atoms with E-state index in [9.17, 15) is 40.0 Å². The molecular weight excluding hydrogens is 547 g/mol. The number of carbonyl (C=O) groups excluding carboxylic acids is 1. The predicted molar refractivity (Wildman–Crippen MR) is 134 cm³/mol. The molecule has 2 aromatic rings. The number of hydrogen-bond acceptors (Lipinski definition) is 5. The molecular formula is C26H31F5N2O5S. The van der Waals surface area contributed by atoms with Crippen LogP contribution in [0.2, 0.25) is 0 Å². The number of carbonyl (C=O) groups is 2. The van der Waals surface area contributed by atoms with E-state index in [0.717, 1.165) is 31.3 Å². The highest BCUT2D eigenvalue weighted by atomic mass is 32.2. The maximum atomic E-state index is 13.8. The molecule has 0 aliphatic heterocycles. The van der Waals surface area contributed by atoms with Crippen molar-refractivity contribution in [3.05, 3.63) is 64.7 Å². The molecule has 0 spiro atoms. The molecule has 0 aliphatic carbocycles. The van der Waals surface area contributed by atoms with Crippen LogP contribution in [-0.2, 0) is 38.6 Å². The zero-order valence-corrected chi connectivity index (χ0v) is 22.6. The molecule has 216 valence electrons. The summed E-state index contributed by atoms with van der Waals surface area (Å²) in [5.74, 6) is -2.87. The van der Waals surface area contributed by atoms with Gasteiger partial charge >= 0.3 is 12.1 Å². The van der Waals surface area contributed by atoms with Crippen LogP contribution in [0.4, 0.5) is 22.0 Å². The Hall–Kier alpha value is -2.90. The summed E-state index contributed by atoms with van der Waals surface area (Å²) in [5, 5.41) is 11.8. The van der Waals surface area contributed by atoms with E-state index in [1.807, 2.05) is 0 Å². The molecule has 0 saturated heterocycles. The summed E-state index contributed by atoms with van der Waals surface area (Å²) in [5.41, 5.74) is -1.75. The first-order valence-corrected chi connectivity index (χ1v) is 13.4. The molecule has 2 rings (SSSR count). The van der Waals surface area contributed by atoms with Gasteiger partial charge in [-0.1, -0.05) is 0 Å². The third-order valence-corrected chi connectivity index (χ3v) is 7.83. The van der Waals surface area contributed by atoms with Crippen molar-refractivity contribution in [3.8, 4) is 0 Å². The van der Waals surface area contributed by atoms with Crippen LogP contribution in [0.25, 0.3) is 0 Å². The quantitative estimate of drug-likeness (QED) is 0.318.